The van der Waals surface area contributed by atoms with Crippen molar-refractivity contribution in [2.75, 3.05) is 31.1 Å². The van der Waals surface area contributed by atoms with Gasteiger partial charge in [0.2, 0.25) is 5.91 Å². The molecule has 0 aliphatic carbocycles. The molecule has 0 radical (unpaired) electrons. The number of aromatic nitrogens is 2. The molecule has 1 saturated heterocycles. The number of aryl methyl sites for hydroxylation is 3. The molecule has 3 rings (SSSR count). The molecule has 1 aromatic heterocycles. The van der Waals surface area contributed by atoms with Crippen LogP contribution in [0.25, 0.3) is 0 Å². The molecule has 0 N–H and O–H groups in total. The summed E-state index contributed by atoms with van der Waals surface area (Å²) in [6.07, 6.45) is 2.43. The highest BCUT2D eigenvalue weighted by Crippen LogP contribution is 2.25. The topological polar surface area (TPSA) is 49.3 Å². The van der Waals surface area contributed by atoms with E-state index in [9.17, 15) is 4.79 Å². The van der Waals surface area contributed by atoms with Crippen molar-refractivity contribution in [2.45, 2.75) is 53.9 Å². The molecular weight excluding hydrogens is 360 g/mol. The number of carbonyl (C=O) groups is 1. The molecular formula is C24H34N4O. The van der Waals surface area contributed by atoms with Crippen molar-refractivity contribution in [1.29, 1.82) is 0 Å². The molecule has 1 fully saturated rings. The molecule has 1 amide bonds. The van der Waals surface area contributed by atoms with Gasteiger partial charge in [-0.1, -0.05) is 43.7 Å². The van der Waals surface area contributed by atoms with Gasteiger partial charge < -0.3 is 9.80 Å². The number of hydrogen-bond donors (Lipinski definition) is 0. The van der Waals surface area contributed by atoms with Gasteiger partial charge in [0, 0.05) is 50.3 Å². The number of benzene rings is 1. The summed E-state index contributed by atoms with van der Waals surface area (Å²) < 4.78 is 0. The zero-order chi connectivity index (χ0) is 21.0. The monoisotopic (exact) mass is 394 g/mol. The predicted octanol–water partition coefficient (Wildman–Crippen LogP) is 4.08. The second-order valence-corrected chi connectivity index (χ2v) is 8.64. The lowest BCUT2D eigenvalue weighted by Crippen LogP contribution is -2.36. The molecule has 2 heterocycles. The fourth-order valence-electron chi connectivity index (χ4n) is 3.95. The fourth-order valence-corrected chi connectivity index (χ4v) is 3.95. The summed E-state index contributed by atoms with van der Waals surface area (Å²) in [7, 11) is 0. The predicted molar refractivity (Wildman–Crippen MR) is 118 cm³/mol. The molecule has 0 spiro atoms. The van der Waals surface area contributed by atoms with Crippen molar-refractivity contribution in [3.63, 3.8) is 0 Å². The van der Waals surface area contributed by atoms with Gasteiger partial charge in [-0.15, -0.1) is 0 Å². The van der Waals surface area contributed by atoms with Gasteiger partial charge in [0.1, 0.15) is 11.6 Å². The number of amides is 1. The minimum atomic E-state index is 0.275. The van der Waals surface area contributed by atoms with Crippen LogP contribution in [0, 0.1) is 26.7 Å². The number of nitrogens with zero attached hydrogens (tertiary/aromatic N) is 4. The smallest absolute Gasteiger partial charge is 0.222 e. The van der Waals surface area contributed by atoms with E-state index in [1.165, 1.54) is 16.7 Å². The Kier molecular flexibility index (Phi) is 6.88. The first kappa shape index (κ1) is 21.3. The minimum Gasteiger partial charge on any atom is -0.354 e. The fraction of sp³-hybridized carbons (Fsp3) is 0.542. The normalized spacial score (nSPS) is 15.0. The number of carbonyl (C=O) groups excluding carboxylic acids is 1. The summed E-state index contributed by atoms with van der Waals surface area (Å²) >= 11 is 0. The lowest BCUT2D eigenvalue weighted by atomic mass is 10.0. The van der Waals surface area contributed by atoms with E-state index >= 15 is 0 Å². The summed E-state index contributed by atoms with van der Waals surface area (Å²) in [6.45, 7) is 13.7. The van der Waals surface area contributed by atoms with Crippen LogP contribution in [0.4, 0.5) is 5.82 Å². The molecule has 0 unspecified atom stereocenters. The molecule has 5 heteroatoms. The van der Waals surface area contributed by atoms with E-state index in [4.69, 9.17) is 4.98 Å². The standard InChI is InChI=1S/C24H34N4O/c1-17(2)15-23(29)27-11-6-12-28(14-13-27)24-22(19(4)25-20(5)26-24)16-21-9-7-18(3)8-10-21/h7-10,17H,6,11-16H2,1-5H3. The van der Waals surface area contributed by atoms with Gasteiger partial charge in [0.05, 0.1) is 0 Å². The van der Waals surface area contributed by atoms with E-state index < -0.39 is 0 Å². The third kappa shape index (κ3) is 5.55. The summed E-state index contributed by atoms with van der Waals surface area (Å²) in [4.78, 5) is 26.4. The average molecular weight is 395 g/mol. The molecule has 1 aliphatic rings. The molecule has 5 nitrogen and oxygen atoms in total. The summed E-state index contributed by atoms with van der Waals surface area (Å²) in [6, 6.07) is 8.69. The van der Waals surface area contributed by atoms with Gasteiger partial charge in [0.15, 0.2) is 0 Å². The lowest BCUT2D eigenvalue weighted by Gasteiger charge is -2.26. The summed E-state index contributed by atoms with van der Waals surface area (Å²) in [5, 5.41) is 0. The van der Waals surface area contributed by atoms with E-state index in [-0.39, 0.29) is 5.91 Å². The highest BCUT2D eigenvalue weighted by molar-refractivity contribution is 5.76. The van der Waals surface area contributed by atoms with Crippen molar-refractivity contribution in [3.8, 4) is 0 Å². The molecule has 1 aromatic carbocycles. The summed E-state index contributed by atoms with van der Waals surface area (Å²) in [5.74, 6) is 2.52. The van der Waals surface area contributed by atoms with Crippen molar-refractivity contribution < 1.29 is 4.79 Å². The van der Waals surface area contributed by atoms with E-state index in [2.05, 4.69) is 61.8 Å². The van der Waals surface area contributed by atoms with Crippen LogP contribution >= 0.6 is 0 Å². The van der Waals surface area contributed by atoms with Crippen LogP contribution in [0.1, 0.15) is 54.9 Å². The van der Waals surface area contributed by atoms with Crippen molar-refractivity contribution in [2.24, 2.45) is 5.92 Å². The second-order valence-electron chi connectivity index (χ2n) is 8.64. The second kappa shape index (κ2) is 9.38. The summed E-state index contributed by atoms with van der Waals surface area (Å²) in [5.41, 5.74) is 4.78. The van der Waals surface area contributed by atoms with Crippen molar-refractivity contribution in [3.05, 3.63) is 52.5 Å². The Morgan fingerprint density at radius 3 is 2.41 bits per heavy atom. The zero-order valence-corrected chi connectivity index (χ0v) is 18.5. The lowest BCUT2D eigenvalue weighted by molar-refractivity contribution is -0.131. The Morgan fingerprint density at radius 1 is 1.00 bits per heavy atom. The van der Waals surface area contributed by atoms with Gasteiger partial charge in [-0.2, -0.15) is 0 Å². The van der Waals surface area contributed by atoms with Crippen LogP contribution in [0.3, 0.4) is 0 Å². The Hall–Kier alpha value is -2.43. The average Bonchev–Trinajstić information content (AvgIpc) is 2.91. The largest absolute Gasteiger partial charge is 0.354 e. The van der Waals surface area contributed by atoms with Crippen LogP contribution in [0.2, 0.25) is 0 Å². The van der Waals surface area contributed by atoms with Crippen LogP contribution in [-0.2, 0) is 11.2 Å². The first-order chi connectivity index (χ1) is 13.8. The van der Waals surface area contributed by atoms with Crippen molar-refractivity contribution >= 4 is 11.7 Å². The molecule has 29 heavy (non-hydrogen) atoms. The Morgan fingerprint density at radius 2 is 1.72 bits per heavy atom. The maximum Gasteiger partial charge on any atom is 0.222 e. The van der Waals surface area contributed by atoms with E-state index in [0.29, 0.717) is 12.3 Å². The Bertz CT molecular complexity index is 845. The highest BCUT2D eigenvalue weighted by atomic mass is 16.2. The quantitative estimate of drug-likeness (QED) is 0.767. The third-order valence-corrected chi connectivity index (χ3v) is 5.54. The number of anilines is 1. The van der Waals surface area contributed by atoms with Crippen LogP contribution in [0.15, 0.2) is 24.3 Å². The van der Waals surface area contributed by atoms with Gasteiger partial charge >= 0.3 is 0 Å². The van der Waals surface area contributed by atoms with Crippen LogP contribution < -0.4 is 4.90 Å². The molecule has 0 atom stereocenters. The molecule has 0 saturated carbocycles. The van der Waals surface area contributed by atoms with Gasteiger partial charge in [-0.3, -0.25) is 4.79 Å². The van der Waals surface area contributed by atoms with E-state index in [1.807, 2.05) is 11.8 Å². The zero-order valence-electron chi connectivity index (χ0n) is 18.5. The van der Waals surface area contributed by atoms with Crippen LogP contribution in [0.5, 0.6) is 0 Å². The number of hydrogen-bond acceptors (Lipinski definition) is 4. The maximum absolute atomic E-state index is 12.5. The Labute approximate surface area is 175 Å². The third-order valence-electron chi connectivity index (χ3n) is 5.54. The first-order valence-electron chi connectivity index (χ1n) is 10.8. The molecule has 0 bridgehead atoms. The van der Waals surface area contributed by atoms with Gasteiger partial charge in [-0.25, -0.2) is 9.97 Å². The minimum absolute atomic E-state index is 0.275. The highest BCUT2D eigenvalue weighted by Gasteiger charge is 2.23. The van der Waals surface area contributed by atoms with Gasteiger partial charge in [-0.05, 0) is 38.7 Å². The Balaban J connectivity index is 1.82. The molecule has 1 aliphatic heterocycles. The molecule has 156 valence electrons. The first-order valence-corrected chi connectivity index (χ1v) is 10.8. The van der Waals surface area contributed by atoms with E-state index in [0.717, 1.165) is 56.4 Å². The van der Waals surface area contributed by atoms with Gasteiger partial charge in [0.25, 0.3) is 0 Å². The SMILES string of the molecule is Cc1ccc(Cc2c(C)nc(C)nc2N2CCCN(C(=O)CC(C)C)CC2)cc1. The van der Waals surface area contributed by atoms with Crippen molar-refractivity contribution in [1.82, 2.24) is 14.9 Å². The van der Waals surface area contributed by atoms with Crippen LogP contribution in [-0.4, -0.2) is 47.0 Å². The molecule has 2 aromatic rings. The maximum atomic E-state index is 12.5. The number of rotatable bonds is 5. The van der Waals surface area contributed by atoms with E-state index in [1.54, 1.807) is 0 Å².